The van der Waals surface area contributed by atoms with Crippen LogP contribution < -0.4 is 5.32 Å². The van der Waals surface area contributed by atoms with Crippen molar-refractivity contribution in [3.63, 3.8) is 0 Å². The van der Waals surface area contributed by atoms with Gasteiger partial charge in [0.1, 0.15) is 11.6 Å². The number of alkyl halides is 6. The lowest BCUT2D eigenvalue weighted by Crippen LogP contribution is -2.38. The molecule has 1 aromatic carbocycles. The molecule has 142 valence electrons. The average Bonchev–Trinajstić information content (AvgIpc) is 2.40. The number of benzene rings is 1. The molecule has 0 spiro atoms. The van der Waals surface area contributed by atoms with Crippen LogP contribution in [-0.4, -0.2) is 17.6 Å². The van der Waals surface area contributed by atoms with E-state index < -0.39 is 41.1 Å². The van der Waals surface area contributed by atoms with Crippen molar-refractivity contribution in [2.24, 2.45) is 0 Å². The van der Waals surface area contributed by atoms with Gasteiger partial charge in [-0.2, -0.15) is 26.3 Å². The van der Waals surface area contributed by atoms with Gasteiger partial charge in [0, 0.05) is 6.54 Å². The van der Waals surface area contributed by atoms with Gasteiger partial charge < -0.3 is 10.1 Å². The summed E-state index contributed by atoms with van der Waals surface area (Å²) >= 11 is 0. The van der Waals surface area contributed by atoms with Crippen LogP contribution in [0.3, 0.4) is 0 Å². The number of rotatable bonds is 4. The number of ether oxygens (including phenoxy) is 1. The highest BCUT2D eigenvalue weighted by Crippen LogP contribution is 2.36. The van der Waals surface area contributed by atoms with E-state index in [9.17, 15) is 31.1 Å². The third kappa shape index (κ3) is 6.93. The second-order valence-electron chi connectivity index (χ2n) is 6.55. The predicted octanol–water partition coefficient (Wildman–Crippen LogP) is 4.54. The Morgan fingerprint density at radius 1 is 1.00 bits per heavy atom. The van der Waals surface area contributed by atoms with Crippen molar-refractivity contribution in [2.45, 2.75) is 58.2 Å². The molecule has 0 saturated carbocycles. The quantitative estimate of drug-likeness (QED) is 0.624. The smallest absolute Gasteiger partial charge is 0.416 e. The SMILES string of the molecule is CC(NCc1cc(C(F)(F)F)cc(C(F)(F)F)c1)C(=O)OC(C)(C)C. The summed E-state index contributed by atoms with van der Waals surface area (Å²) in [5.74, 6) is -0.657. The fourth-order valence-corrected chi connectivity index (χ4v) is 1.87. The molecule has 0 aliphatic heterocycles. The highest BCUT2D eigenvalue weighted by Gasteiger charge is 2.36. The van der Waals surface area contributed by atoms with E-state index >= 15 is 0 Å². The molecule has 0 saturated heterocycles. The second-order valence-corrected chi connectivity index (χ2v) is 6.55. The summed E-state index contributed by atoms with van der Waals surface area (Å²) < 4.78 is 81.8. The molecule has 0 fully saturated rings. The summed E-state index contributed by atoms with van der Waals surface area (Å²) in [6, 6.07) is 0.387. The first-order chi connectivity index (χ1) is 11.1. The van der Waals surface area contributed by atoms with E-state index in [1.807, 2.05) is 0 Å². The largest absolute Gasteiger partial charge is 0.459 e. The molecule has 9 heteroatoms. The minimum Gasteiger partial charge on any atom is -0.459 e. The van der Waals surface area contributed by atoms with E-state index in [0.717, 1.165) is 0 Å². The Hall–Kier alpha value is -1.77. The van der Waals surface area contributed by atoms with Crippen molar-refractivity contribution in [1.29, 1.82) is 0 Å². The Morgan fingerprint density at radius 3 is 1.80 bits per heavy atom. The van der Waals surface area contributed by atoms with Crippen LogP contribution in [0, 0.1) is 0 Å². The van der Waals surface area contributed by atoms with Gasteiger partial charge >= 0.3 is 18.3 Å². The molecule has 0 bridgehead atoms. The number of nitrogens with one attached hydrogen (secondary N) is 1. The Labute approximate surface area is 141 Å². The monoisotopic (exact) mass is 371 g/mol. The predicted molar refractivity (Wildman–Crippen MR) is 78.6 cm³/mol. The van der Waals surface area contributed by atoms with Gasteiger partial charge in [-0.1, -0.05) is 0 Å². The summed E-state index contributed by atoms with van der Waals surface area (Å²) in [5.41, 5.74) is -3.79. The molecule has 1 N–H and O–H groups in total. The topological polar surface area (TPSA) is 38.3 Å². The Kier molecular flexibility index (Phi) is 6.15. The van der Waals surface area contributed by atoms with Gasteiger partial charge in [-0.25, -0.2) is 0 Å². The molecule has 0 radical (unpaired) electrons. The van der Waals surface area contributed by atoms with Crippen molar-refractivity contribution >= 4 is 5.97 Å². The third-order valence-corrected chi connectivity index (χ3v) is 3.02. The first-order valence-corrected chi connectivity index (χ1v) is 7.34. The lowest BCUT2D eigenvalue weighted by molar-refractivity contribution is -0.157. The molecule has 0 aliphatic rings. The Balaban J connectivity index is 2.96. The zero-order valence-electron chi connectivity index (χ0n) is 14.1. The molecule has 1 atom stereocenters. The standard InChI is InChI=1S/C16H19F6NO2/c1-9(13(24)25-14(2,3)4)23-8-10-5-11(15(17,18)19)7-12(6-10)16(20,21)22/h5-7,9,23H,8H2,1-4H3. The zero-order valence-corrected chi connectivity index (χ0v) is 14.1. The van der Waals surface area contributed by atoms with Gasteiger partial charge in [-0.05, 0) is 51.5 Å². The van der Waals surface area contributed by atoms with E-state index in [1.165, 1.54) is 6.92 Å². The number of hydrogen-bond donors (Lipinski definition) is 1. The molecule has 1 rings (SSSR count). The summed E-state index contributed by atoms with van der Waals surface area (Å²) in [6.07, 6.45) is -9.82. The summed E-state index contributed by atoms with van der Waals surface area (Å²) in [7, 11) is 0. The van der Waals surface area contributed by atoms with Gasteiger partial charge in [0.15, 0.2) is 0 Å². The number of carbonyl (C=O) groups excluding carboxylic acids is 1. The lowest BCUT2D eigenvalue weighted by atomic mass is 10.0. The zero-order chi connectivity index (χ0) is 19.6. The van der Waals surface area contributed by atoms with Crippen molar-refractivity contribution < 1.29 is 35.9 Å². The molecular formula is C16H19F6NO2. The molecule has 0 aliphatic carbocycles. The van der Waals surface area contributed by atoms with E-state index in [0.29, 0.717) is 12.1 Å². The van der Waals surface area contributed by atoms with E-state index in [1.54, 1.807) is 20.8 Å². The first-order valence-electron chi connectivity index (χ1n) is 7.34. The maximum absolute atomic E-state index is 12.8. The van der Waals surface area contributed by atoms with Crippen LogP contribution in [0.25, 0.3) is 0 Å². The Morgan fingerprint density at radius 2 is 1.44 bits per heavy atom. The van der Waals surface area contributed by atoms with Crippen LogP contribution in [0.15, 0.2) is 18.2 Å². The number of carbonyl (C=O) groups is 1. The molecule has 0 aromatic heterocycles. The van der Waals surface area contributed by atoms with Gasteiger partial charge in [0.05, 0.1) is 11.1 Å². The van der Waals surface area contributed by atoms with Gasteiger partial charge in [-0.3, -0.25) is 4.79 Å². The van der Waals surface area contributed by atoms with Crippen LogP contribution in [0.1, 0.15) is 44.4 Å². The molecule has 3 nitrogen and oxygen atoms in total. The molecule has 1 unspecified atom stereocenters. The van der Waals surface area contributed by atoms with Gasteiger partial charge in [0.2, 0.25) is 0 Å². The third-order valence-electron chi connectivity index (χ3n) is 3.02. The molecular weight excluding hydrogens is 352 g/mol. The number of halogens is 6. The van der Waals surface area contributed by atoms with Gasteiger partial charge in [-0.15, -0.1) is 0 Å². The van der Waals surface area contributed by atoms with Crippen LogP contribution in [0.4, 0.5) is 26.3 Å². The molecule has 0 amide bonds. The number of esters is 1. The maximum Gasteiger partial charge on any atom is 0.416 e. The molecule has 1 aromatic rings. The second kappa shape index (κ2) is 7.23. The van der Waals surface area contributed by atoms with Crippen LogP contribution in [0.2, 0.25) is 0 Å². The number of hydrogen-bond acceptors (Lipinski definition) is 3. The average molecular weight is 371 g/mol. The fourth-order valence-electron chi connectivity index (χ4n) is 1.87. The summed E-state index contributed by atoms with van der Waals surface area (Å²) in [5, 5.41) is 2.57. The minimum atomic E-state index is -4.91. The van der Waals surface area contributed by atoms with Crippen molar-refractivity contribution in [2.75, 3.05) is 0 Å². The van der Waals surface area contributed by atoms with E-state index in [2.05, 4.69) is 5.32 Å². The van der Waals surface area contributed by atoms with Crippen LogP contribution >= 0.6 is 0 Å². The van der Waals surface area contributed by atoms with E-state index in [4.69, 9.17) is 4.74 Å². The highest BCUT2D eigenvalue weighted by atomic mass is 19.4. The normalized spacial score (nSPS) is 14.3. The Bertz CT molecular complexity index is 584. The summed E-state index contributed by atoms with van der Waals surface area (Å²) in [6.45, 7) is 5.97. The maximum atomic E-state index is 12.8. The summed E-state index contributed by atoms with van der Waals surface area (Å²) in [4.78, 5) is 11.8. The first kappa shape index (κ1) is 21.3. The van der Waals surface area contributed by atoms with Crippen LogP contribution in [-0.2, 0) is 28.4 Å². The van der Waals surface area contributed by atoms with Crippen molar-refractivity contribution in [3.8, 4) is 0 Å². The van der Waals surface area contributed by atoms with Crippen molar-refractivity contribution in [3.05, 3.63) is 34.9 Å². The van der Waals surface area contributed by atoms with Crippen LogP contribution in [0.5, 0.6) is 0 Å². The minimum absolute atomic E-state index is 0.0563. The van der Waals surface area contributed by atoms with E-state index in [-0.39, 0.29) is 18.2 Å². The molecule has 0 heterocycles. The van der Waals surface area contributed by atoms with Gasteiger partial charge in [0.25, 0.3) is 0 Å². The van der Waals surface area contributed by atoms with Crippen molar-refractivity contribution in [1.82, 2.24) is 5.32 Å². The molecule has 25 heavy (non-hydrogen) atoms. The fraction of sp³-hybridized carbons (Fsp3) is 0.562. The highest BCUT2D eigenvalue weighted by molar-refractivity contribution is 5.75. The lowest BCUT2D eigenvalue weighted by Gasteiger charge is -2.23.